The number of likely N-dealkylation sites (tertiary alicyclic amines) is 1. The summed E-state index contributed by atoms with van der Waals surface area (Å²) in [5, 5.41) is 10.6. The molecule has 1 atom stereocenters. The van der Waals surface area contributed by atoms with Crippen LogP contribution in [0.25, 0.3) is 0 Å². The molecule has 2 aliphatic rings. The SMILES string of the molecule is CCc1nc(CN2CCC3(CC2)CC(O)CN(c2cc(OC)ncn2)C3)c(C)[nH]1. The number of aliphatic hydroxyl groups excluding tert-OH is 1. The first-order valence-electron chi connectivity index (χ1n) is 10.6. The summed E-state index contributed by atoms with van der Waals surface area (Å²) in [6.45, 7) is 8.71. The van der Waals surface area contributed by atoms with Crippen molar-refractivity contribution in [1.29, 1.82) is 0 Å². The van der Waals surface area contributed by atoms with Crippen molar-refractivity contribution in [3.8, 4) is 5.88 Å². The van der Waals surface area contributed by atoms with Gasteiger partial charge in [0.1, 0.15) is 18.0 Å². The minimum Gasteiger partial charge on any atom is -0.481 e. The maximum Gasteiger partial charge on any atom is 0.218 e. The number of β-amino-alcohol motifs (C(OH)–C–C–N with tert-alkyl or cyclic N) is 1. The first-order chi connectivity index (χ1) is 14.0. The number of hydrogen-bond donors (Lipinski definition) is 2. The number of imidazole rings is 1. The Kier molecular flexibility index (Phi) is 5.74. The minimum atomic E-state index is -0.336. The summed E-state index contributed by atoms with van der Waals surface area (Å²) >= 11 is 0. The number of aromatic nitrogens is 4. The Morgan fingerprint density at radius 1 is 1.31 bits per heavy atom. The van der Waals surface area contributed by atoms with Crippen molar-refractivity contribution in [3.63, 3.8) is 0 Å². The van der Waals surface area contributed by atoms with Crippen molar-refractivity contribution in [2.75, 3.05) is 38.2 Å². The Morgan fingerprint density at radius 2 is 2.10 bits per heavy atom. The molecule has 158 valence electrons. The van der Waals surface area contributed by atoms with Crippen LogP contribution < -0.4 is 9.64 Å². The molecule has 0 saturated carbocycles. The Labute approximate surface area is 172 Å². The molecule has 0 aliphatic carbocycles. The fourth-order valence-corrected chi connectivity index (χ4v) is 4.79. The van der Waals surface area contributed by atoms with Gasteiger partial charge in [-0.25, -0.2) is 15.0 Å². The highest BCUT2D eigenvalue weighted by atomic mass is 16.5. The fraction of sp³-hybridized carbons (Fsp3) is 0.667. The van der Waals surface area contributed by atoms with E-state index in [-0.39, 0.29) is 11.5 Å². The molecule has 1 spiro atoms. The molecular formula is C21H32N6O2. The van der Waals surface area contributed by atoms with Crippen molar-refractivity contribution in [2.24, 2.45) is 5.41 Å². The zero-order valence-corrected chi connectivity index (χ0v) is 17.7. The second kappa shape index (κ2) is 8.28. The van der Waals surface area contributed by atoms with E-state index in [2.05, 4.69) is 38.6 Å². The van der Waals surface area contributed by atoms with Gasteiger partial charge in [0.15, 0.2) is 0 Å². The van der Waals surface area contributed by atoms with Crippen molar-refractivity contribution in [3.05, 3.63) is 29.6 Å². The van der Waals surface area contributed by atoms with E-state index in [1.807, 2.05) is 6.07 Å². The van der Waals surface area contributed by atoms with Crippen LogP contribution in [-0.2, 0) is 13.0 Å². The average molecular weight is 401 g/mol. The number of aryl methyl sites for hydroxylation is 2. The van der Waals surface area contributed by atoms with Crippen LogP contribution in [0, 0.1) is 12.3 Å². The third-order valence-electron chi connectivity index (χ3n) is 6.45. The molecule has 0 radical (unpaired) electrons. The van der Waals surface area contributed by atoms with Crippen molar-refractivity contribution < 1.29 is 9.84 Å². The lowest BCUT2D eigenvalue weighted by Gasteiger charge is -2.49. The number of nitrogens with zero attached hydrogens (tertiary/aromatic N) is 5. The molecule has 2 aromatic rings. The zero-order valence-electron chi connectivity index (χ0n) is 17.7. The van der Waals surface area contributed by atoms with Gasteiger partial charge < -0.3 is 19.7 Å². The molecule has 0 amide bonds. The molecule has 0 aromatic carbocycles. The Bertz CT molecular complexity index is 830. The summed E-state index contributed by atoms with van der Waals surface area (Å²) in [5.41, 5.74) is 2.47. The van der Waals surface area contributed by atoms with Crippen LogP contribution in [0.5, 0.6) is 5.88 Å². The normalized spacial score (nSPS) is 22.2. The number of nitrogens with one attached hydrogen (secondary N) is 1. The second-order valence-corrected chi connectivity index (χ2v) is 8.54. The number of hydrogen-bond acceptors (Lipinski definition) is 7. The summed E-state index contributed by atoms with van der Waals surface area (Å²) in [5.74, 6) is 2.45. The second-order valence-electron chi connectivity index (χ2n) is 8.54. The van der Waals surface area contributed by atoms with Crippen LogP contribution in [0.3, 0.4) is 0 Å². The number of ether oxygens (including phenoxy) is 1. The quantitative estimate of drug-likeness (QED) is 0.792. The molecule has 0 bridgehead atoms. The molecule has 2 aliphatic heterocycles. The molecular weight excluding hydrogens is 368 g/mol. The van der Waals surface area contributed by atoms with Gasteiger partial charge in [-0.15, -0.1) is 0 Å². The molecule has 1 unspecified atom stereocenters. The van der Waals surface area contributed by atoms with Crippen LogP contribution in [0.4, 0.5) is 5.82 Å². The summed E-state index contributed by atoms with van der Waals surface area (Å²) < 4.78 is 5.24. The van der Waals surface area contributed by atoms with Crippen molar-refractivity contribution >= 4 is 5.82 Å². The topological polar surface area (TPSA) is 90.4 Å². The van der Waals surface area contributed by atoms with Gasteiger partial charge in [0.25, 0.3) is 0 Å². The van der Waals surface area contributed by atoms with Crippen LogP contribution >= 0.6 is 0 Å². The maximum atomic E-state index is 10.6. The predicted octanol–water partition coefficient (Wildman–Crippen LogP) is 1.93. The molecule has 29 heavy (non-hydrogen) atoms. The first kappa shape index (κ1) is 20.1. The highest BCUT2D eigenvalue weighted by Gasteiger charge is 2.42. The smallest absolute Gasteiger partial charge is 0.218 e. The van der Waals surface area contributed by atoms with E-state index in [0.29, 0.717) is 12.4 Å². The third-order valence-corrected chi connectivity index (χ3v) is 6.45. The lowest BCUT2D eigenvalue weighted by atomic mass is 9.71. The maximum absolute atomic E-state index is 10.6. The highest BCUT2D eigenvalue weighted by Crippen LogP contribution is 2.41. The van der Waals surface area contributed by atoms with Crippen LogP contribution in [-0.4, -0.2) is 69.3 Å². The van der Waals surface area contributed by atoms with Gasteiger partial charge in [0.2, 0.25) is 5.88 Å². The Hall–Kier alpha value is -2.19. The van der Waals surface area contributed by atoms with E-state index in [0.717, 1.165) is 69.2 Å². The lowest BCUT2D eigenvalue weighted by Crippen LogP contribution is -2.54. The molecule has 2 saturated heterocycles. The summed E-state index contributed by atoms with van der Waals surface area (Å²) in [7, 11) is 1.61. The Balaban J connectivity index is 1.41. The highest BCUT2D eigenvalue weighted by molar-refractivity contribution is 5.42. The molecule has 8 nitrogen and oxygen atoms in total. The summed E-state index contributed by atoms with van der Waals surface area (Å²) in [4.78, 5) is 21.3. The van der Waals surface area contributed by atoms with E-state index >= 15 is 0 Å². The lowest BCUT2D eigenvalue weighted by molar-refractivity contribution is 0.0241. The molecule has 4 heterocycles. The van der Waals surface area contributed by atoms with E-state index in [4.69, 9.17) is 9.72 Å². The zero-order chi connectivity index (χ0) is 20.4. The number of anilines is 1. The Morgan fingerprint density at radius 3 is 2.79 bits per heavy atom. The number of aliphatic hydroxyl groups is 1. The number of methoxy groups -OCH3 is 1. The third kappa shape index (κ3) is 4.38. The van der Waals surface area contributed by atoms with E-state index in [1.54, 1.807) is 7.11 Å². The summed E-state index contributed by atoms with van der Waals surface area (Å²) in [6, 6.07) is 1.85. The fourth-order valence-electron chi connectivity index (χ4n) is 4.79. The van der Waals surface area contributed by atoms with Gasteiger partial charge in [0.05, 0.1) is 18.9 Å². The van der Waals surface area contributed by atoms with Gasteiger partial charge in [-0.05, 0) is 44.7 Å². The first-order valence-corrected chi connectivity index (χ1v) is 10.6. The molecule has 8 heteroatoms. The van der Waals surface area contributed by atoms with Crippen molar-refractivity contribution in [1.82, 2.24) is 24.8 Å². The largest absolute Gasteiger partial charge is 0.481 e. The van der Waals surface area contributed by atoms with Gasteiger partial charge in [-0.3, -0.25) is 4.90 Å². The van der Waals surface area contributed by atoms with Crippen molar-refractivity contribution in [2.45, 2.75) is 52.2 Å². The molecule has 2 N–H and O–H groups in total. The van der Waals surface area contributed by atoms with E-state index in [1.165, 1.54) is 12.0 Å². The minimum absolute atomic E-state index is 0.127. The van der Waals surface area contributed by atoms with Crippen LogP contribution in [0.2, 0.25) is 0 Å². The van der Waals surface area contributed by atoms with Gasteiger partial charge in [-0.1, -0.05) is 6.92 Å². The molecule has 2 fully saturated rings. The molecule has 2 aromatic heterocycles. The van der Waals surface area contributed by atoms with Gasteiger partial charge >= 0.3 is 0 Å². The predicted molar refractivity (Wildman–Crippen MR) is 111 cm³/mol. The van der Waals surface area contributed by atoms with Crippen LogP contribution in [0.1, 0.15) is 43.4 Å². The van der Waals surface area contributed by atoms with E-state index < -0.39 is 0 Å². The number of aromatic amines is 1. The van der Waals surface area contributed by atoms with Crippen LogP contribution in [0.15, 0.2) is 12.4 Å². The van der Waals surface area contributed by atoms with Gasteiger partial charge in [-0.2, -0.15) is 0 Å². The number of H-pyrrole nitrogens is 1. The monoisotopic (exact) mass is 400 g/mol. The van der Waals surface area contributed by atoms with Gasteiger partial charge in [0, 0.05) is 37.8 Å². The standard InChI is InChI=1S/C21H32N6O2/c1-4-18-24-15(2)17(25-18)12-26-7-5-21(6-8-26)10-16(28)11-27(13-21)19-9-20(29-3)23-14-22-19/h9,14,16,28H,4-8,10-13H2,1-3H3,(H,24,25). The number of piperidine rings is 2. The molecule has 4 rings (SSSR count). The summed E-state index contributed by atoms with van der Waals surface area (Å²) in [6.07, 6.45) is 5.14. The number of rotatable bonds is 5. The van der Waals surface area contributed by atoms with E-state index in [9.17, 15) is 5.11 Å². The average Bonchev–Trinajstić information content (AvgIpc) is 3.09.